The lowest BCUT2D eigenvalue weighted by molar-refractivity contribution is 0.0954. The molecule has 0 saturated heterocycles. The molecule has 3 heterocycles. The zero-order chi connectivity index (χ0) is 21.8. The third-order valence-electron chi connectivity index (χ3n) is 4.32. The van der Waals surface area contributed by atoms with E-state index in [-0.39, 0.29) is 17.7 Å². The maximum atomic E-state index is 12.5. The van der Waals surface area contributed by atoms with Gasteiger partial charge in [-0.05, 0) is 31.9 Å². The highest BCUT2D eigenvalue weighted by molar-refractivity contribution is 7.93. The van der Waals surface area contributed by atoms with Crippen molar-refractivity contribution in [1.82, 2.24) is 25.3 Å². The molecule has 1 saturated carbocycles. The number of aromatic nitrogens is 4. The highest BCUT2D eigenvalue weighted by atomic mass is 32.2. The number of carbonyl (C=O) groups excluding carboxylic acids is 1. The highest BCUT2D eigenvalue weighted by Crippen LogP contribution is 2.29. The topological polar surface area (TPSA) is 136 Å². The number of pyridine rings is 1. The summed E-state index contributed by atoms with van der Waals surface area (Å²) >= 11 is 1.18. The molecule has 0 bridgehead atoms. The molecule has 3 aromatic heterocycles. The van der Waals surface area contributed by atoms with Crippen molar-refractivity contribution in [3.05, 3.63) is 47.5 Å². The summed E-state index contributed by atoms with van der Waals surface area (Å²) in [6.07, 6.45) is 7.41. The van der Waals surface area contributed by atoms with Crippen molar-refractivity contribution >= 4 is 33.0 Å². The molecule has 0 aromatic carbocycles. The third kappa shape index (κ3) is 5.33. The highest BCUT2D eigenvalue weighted by Gasteiger charge is 2.35. The molecular weight excluding hydrogens is 440 g/mol. The standard InChI is InChI=1S/C19H20N6O4S2/c1-2-29-17-11-20-9-15(24-17)19-23-10-16(30-19)18(26)22-8-13-7-12(5-6-21-13)25-31(27,28)14-3-4-14/h5-7,9-11,14H,2-4,8H2,1H3,(H,21,25)(H,22,26). The summed E-state index contributed by atoms with van der Waals surface area (Å²) in [5.41, 5.74) is 1.48. The maximum Gasteiger partial charge on any atom is 0.263 e. The average Bonchev–Trinajstić information content (AvgIpc) is 3.51. The van der Waals surface area contributed by atoms with E-state index in [1.165, 1.54) is 29.9 Å². The van der Waals surface area contributed by atoms with Crippen molar-refractivity contribution in [1.29, 1.82) is 0 Å². The Hall–Kier alpha value is -3.12. The first-order valence-electron chi connectivity index (χ1n) is 9.60. The smallest absolute Gasteiger partial charge is 0.263 e. The van der Waals surface area contributed by atoms with Gasteiger partial charge in [0.25, 0.3) is 5.91 Å². The van der Waals surface area contributed by atoms with Crippen LogP contribution in [0.1, 0.15) is 35.1 Å². The Balaban J connectivity index is 1.38. The number of nitrogens with one attached hydrogen (secondary N) is 2. The second-order valence-electron chi connectivity index (χ2n) is 6.77. The Morgan fingerprint density at radius 1 is 1.26 bits per heavy atom. The number of thiazole rings is 1. The van der Waals surface area contributed by atoms with Gasteiger partial charge in [0, 0.05) is 6.20 Å². The molecule has 12 heteroatoms. The Morgan fingerprint density at radius 3 is 2.87 bits per heavy atom. The van der Waals surface area contributed by atoms with Crippen LogP contribution < -0.4 is 14.8 Å². The molecule has 0 unspecified atom stereocenters. The van der Waals surface area contributed by atoms with Gasteiger partial charge in [-0.2, -0.15) is 0 Å². The van der Waals surface area contributed by atoms with Gasteiger partial charge in [0.2, 0.25) is 15.9 Å². The summed E-state index contributed by atoms with van der Waals surface area (Å²) in [7, 11) is -3.35. The Bertz CT molecular complexity index is 1190. The van der Waals surface area contributed by atoms with Crippen molar-refractivity contribution in [3.8, 4) is 16.6 Å². The SMILES string of the molecule is CCOc1cncc(-c2ncc(C(=O)NCc3cc(NS(=O)(=O)C4CC4)ccn3)s2)n1. The van der Waals surface area contributed by atoms with Gasteiger partial charge in [0.05, 0.1) is 48.4 Å². The molecule has 1 aliphatic rings. The molecule has 2 N–H and O–H groups in total. The summed E-state index contributed by atoms with van der Waals surface area (Å²) < 4.78 is 32.1. The molecule has 10 nitrogen and oxygen atoms in total. The molecule has 0 spiro atoms. The minimum Gasteiger partial charge on any atom is -0.477 e. The van der Waals surface area contributed by atoms with Gasteiger partial charge < -0.3 is 10.1 Å². The summed E-state index contributed by atoms with van der Waals surface area (Å²) in [6.45, 7) is 2.47. The minimum atomic E-state index is -3.35. The van der Waals surface area contributed by atoms with Crippen LogP contribution in [0.5, 0.6) is 5.88 Å². The van der Waals surface area contributed by atoms with E-state index in [9.17, 15) is 13.2 Å². The van der Waals surface area contributed by atoms with Crippen LogP contribution in [0.15, 0.2) is 36.9 Å². The van der Waals surface area contributed by atoms with Crippen molar-refractivity contribution in [2.24, 2.45) is 0 Å². The van der Waals surface area contributed by atoms with Gasteiger partial charge in [-0.25, -0.2) is 18.4 Å². The van der Waals surface area contributed by atoms with Gasteiger partial charge >= 0.3 is 0 Å². The molecule has 4 rings (SSSR count). The number of ether oxygens (including phenoxy) is 1. The Kier molecular flexibility index (Phi) is 6.09. The number of hydrogen-bond donors (Lipinski definition) is 2. The molecule has 31 heavy (non-hydrogen) atoms. The number of anilines is 1. The monoisotopic (exact) mass is 460 g/mol. The van der Waals surface area contributed by atoms with Crippen LogP contribution in [0.2, 0.25) is 0 Å². The van der Waals surface area contributed by atoms with E-state index < -0.39 is 10.0 Å². The second kappa shape index (κ2) is 8.94. The number of nitrogens with zero attached hydrogens (tertiary/aromatic N) is 4. The van der Waals surface area contributed by atoms with E-state index in [0.717, 1.165) is 0 Å². The van der Waals surface area contributed by atoms with Crippen LogP contribution in [-0.2, 0) is 16.6 Å². The molecule has 162 valence electrons. The van der Waals surface area contributed by atoms with Crippen molar-refractivity contribution in [2.45, 2.75) is 31.6 Å². The number of rotatable bonds is 9. The average molecular weight is 461 g/mol. The van der Waals surface area contributed by atoms with Crippen LogP contribution in [0.3, 0.4) is 0 Å². The van der Waals surface area contributed by atoms with Gasteiger partial charge in [-0.3, -0.25) is 19.5 Å². The molecular formula is C19H20N6O4S2. The predicted octanol–water partition coefficient (Wildman–Crippen LogP) is 2.23. The summed E-state index contributed by atoms with van der Waals surface area (Å²) in [4.78, 5) is 29.7. The zero-order valence-corrected chi connectivity index (χ0v) is 18.2. The zero-order valence-electron chi connectivity index (χ0n) is 16.6. The largest absolute Gasteiger partial charge is 0.477 e. The van der Waals surface area contributed by atoms with E-state index in [2.05, 4.69) is 30.0 Å². The molecule has 3 aromatic rings. The molecule has 1 fully saturated rings. The van der Waals surface area contributed by atoms with Gasteiger partial charge in [-0.15, -0.1) is 11.3 Å². The first-order valence-corrected chi connectivity index (χ1v) is 12.0. The summed E-state index contributed by atoms with van der Waals surface area (Å²) in [5.74, 6) is 0.0768. The van der Waals surface area contributed by atoms with Crippen molar-refractivity contribution in [2.75, 3.05) is 11.3 Å². The quantitative estimate of drug-likeness (QED) is 0.496. The van der Waals surface area contributed by atoms with Crippen LogP contribution in [0.4, 0.5) is 5.69 Å². The third-order valence-corrected chi connectivity index (χ3v) is 7.21. The minimum absolute atomic E-state index is 0.144. The number of carbonyl (C=O) groups is 1. The summed E-state index contributed by atoms with van der Waals surface area (Å²) in [5, 5.41) is 3.00. The van der Waals surface area contributed by atoms with Crippen molar-refractivity contribution in [3.63, 3.8) is 0 Å². The number of sulfonamides is 1. The van der Waals surface area contributed by atoms with E-state index in [4.69, 9.17) is 4.74 Å². The lowest BCUT2D eigenvalue weighted by Crippen LogP contribution is -2.22. The van der Waals surface area contributed by atoms with Gasteiger partial charge in [0.1, 0.15) is 15.6 Å². The molecule has 1 aliphatic carbocycles. The van der Waals surface area contributed by atoms with Crippen LogP contribution in [-0.4, -0.2) is 46.1 Å². The van der Waals surface area contributed by atoms with E-state index in [1.54, 1.807) is 18.3 Å². The first-order chi connectivity index (χ1) is 14.9. The molecule has 1 amide bonds. The fourth-order valence-electron chi connectivity index (χ4n) is 2.69. The van der Waals surface area contributed by atoms with E-state index in [1.807, 2.05) is 6.92 Å². The molecule has 0 atom stereocenters. The van der Waals surface area contributed by atoms with E-state index >= 15 is 0 Å². The van der Waals surface area contributed by atoms with E-state index in [0.29, 0.717) is 52.3 Å². The lowest BCUT2D eigenvalue weighted by Gasteiger charge is -2.08. The maximum absolute atomic E-state index is 12.5. The normalized spacial score (nSPS) is 13.6. The molecule has 0 radical (unpaired) electrons. The van der Waals surface area contributed by atoms with Crippen LogP contribution >= 0.6 is 11.3 Å². The fraction of sp³-hybridized carbons (Fsp3) is 0.316. The second-order valence-corrected chi connectivity index (χ2v) is 9.76. The Labute approximate surface area is 183 Å². The lowest BCUT2D eigenvalue weighted by atomic mass is 10.3. The van der Waals surface area contributed by atoms with Crippen LogP contribution in [0, 0.1) is 0 Å². The van der Waals surface area contributed by atoms with Crippen molar-refractivity contribution < 1.29 is 17.9 Å². The van der Waals surface area contributed by atoms with Gasteiger partial charge in [0.15, 0.2) is 0 Å². The number of hydrogen-bond acceptors (Lipinski definition) is 9. The Morgan fingerprint density at radius 2 is 2.10 bits per heavy atom. The fourth-order valence-corrected chi connectivity index (χ4v) is 4.85. The summed E-state index contributed by atoms with van der Waals surface area (Å²) in [6, 6.07) is 3.19. The first kappa shape index (κ1) is 21.1. The van der Waals surface area contributed by atoms with Gasteiger partial charge in [-0.1, -0.05) is 0 Å². The molecule has 0 aliphatic heterocycles. The van der Waals surface area contributed by atoms with Crippen LogP contribution in [0.25, 0.3) is 10.7 Å². The number of amides is 1. The predicted molar refractivity (Wildman–Crippen MR) is 115 cm³/mol.